The second-order valence-electron chi connectivity index (χ2n) is 4.10. The maximum Gasteiger partial charge on any atom is 0.150 e. The molecule has 0 aliphatic carbocycles. The van der Waals surface area contributed by atoms with Crippen molar-refractivity contribution in [1.82, 2.24) is 9.97 Å². The van der Waals surface area contributed by atoms with Crippen molar-refractivity contribution in [2.45, 2.75) is 0 Å². The maximum atomic E-state index is 13.4. The summed E-state index contributed by atoms with van der Waals surface area (Å²) in [7, 11) is 0. The first-order valence-electron chi connectivity index (χ1n) is 5.62. The number of hydrogen-bond acceptors (Lipinski definition) is 3. The number of aromatic nitrogens is 2. The Morgan fingerprint density at radius 1 is 1.00 bits per heavy atom. The lowest BCUT2D eigenvalue weighted by Crippen LogP contribution is -1.98. The topological polar surface area (TPSA) is 51.8 Å². The minimum absolute atomic E-state index is 0.250. The van der Waals surface area contributed by atoms with Gasteiger partial charge in [0.05, 0.1) is 11.0 Å². The summed E-state index contributed by atoms with van der Waals surface area (Å²) in [6.07, 6.45) is 0. The fourth-order valence-electron chi connectivity index (χ4n) is 1.92. The van der Waals surface area contributed by atoms with Gasteiger partial charge in [0.25, 0.3) is 0 Å². The van der Waals surface area contributed by atoms with Gasteiger partial charge >= 0.3 is 0 Å². The predicted octanol–water partition coefficient (Wildman–Crippen LogP) is 3.67. The number of fused-ring (bicyclic) bond motifs is 1. The fraction of sp³-hybridized carbons (Fsp3) is 0. The zero-order valence-electron chi connectivity index (χ0n) is 9.77. The van der Waals surface area contributed by atoms with E-state index in [4.69, 9.17) is 17.3 Å². The van der Waals surface area contributed by atoms with Gasteiger partial charge in [-0.15, -0.1) is 0 Å². The lowest BCUT2D eigenvalue weighted by atomic mass is 10.1. The zero-order chi connectivity index (χ0) is 13.4. The van der Waals surface area contributed by atoms with E-state index in [1.807, 2.05) is 24.3 Å². The quantitative estimate of drug-likeness (QED) is 0.736. The van der Waals surface area contributed by atoms with Crippen molar-refractivity contribution in [3.05, 3.63) is 53.3 Å². The van der Waals surface area contributed by atoms with Crippen molar-refractivity contribution in [2.24, 2.45) is 0 Å². The van der Waals surface area contributed by atoms with Crippen LogP contribution in [-0.4, -0.2) is 9.97 Å². The summed E-state index contributed by atoms with van der Waals surface area (Å²) in [5.74, 6) is -0.183. The van der Waals surface area contributed by atoms with Crippen molar-refractivity contribution >= 4 is 28.5 Å². The molecule has 19 heavy (non-hydrogen) atoms. The second-order valence-corrected chi connectivity index (χ2v) is 4.54. The molecule has 2 N–H and O–H groups in total. The van der Waals surface area contributed by atoms with E-state index in [1.165, 1.54) is 12.1 Å². The molecule has 3 nitrogen and oxygen atoms in total. The van der Waals surface area contributed by atoms with Gasteiger partial charge in [-0.1, -0.05) is 23.7 Å². The lowest BCUT2D eigenvalue weighted by Gasteiger charge is -2.07. The molecule has 0 amide bonds. The Morgan fingerprint density at radius 3 is 2.37 bits per heavy atom. The van der Waals surface area contributed by atoms with Crippen LogP contribution in [0.2, 0.25) is 5.02 Å². The highest BCUT2D eigenvalue weighted by Gasteiger charge is 2.10. The van der Waals surface area contributed by atoms with Gasteiger partial charge in [-0.2, -0.15) is 0 Å². The second kappa shape index (κ2) is 4.48. The van der Waals surface area contributed by atoms with Crippen molar-refractivity contribution in [3.63, 3.8) is 0 Å². The van der Waals surface area contributed by atoms with E-state index in [1.54, 1.807) is 6.07 Å². The molecule has 0 saturated carbocycles. The SMILES string of the molecule is Nc1nc2ccccc2nc1-c1cc(F)cc(Cl)c1. The highest BCUT2D eigenvalue weighted by Crippen LogP contribution is 2.27. The van der Waals surface area contributed by atoms with E-state index in [0.717, 1.165) is 0 Å². The molecule has 0 aliphatic rings. The predicted molar refractivity (Wildman–Crippen MR) is 74.4 cm³/mol. The van der Waals surface area contributed by atoms with Crippen molar-refractivity contribution < 1.29 is 4.39 Å². The first kappa shape index (κ1) is 11.9. The molecule has 0 fully saturated rings. The largest absolute Gasteiger partial charge is 0.382 e. The molecule has 2 aromatic carbocycles. The average Bonchev–Trinajstić information content (AvgIpc) is 2.36. The van der Waals surface area contributed by atoms with Crippen LogP contribution in [-0.2, 0) is 0 Å². The number of para-hydroxylation sites is 2. The molecule has 1 heterocycles. The Labute approximate surface area is 113 Å². The number of nitrogen functional groups attached to an aromatic ring is 1. The van der Waals surface area contributed by atoms with Crippen LogP contribution in [0.25, 0.3) is 22.3 Å². The van der Waals surface area contributed by atoms with Crippen LogP contribution in [0, 0.1) is 5.82 Å². The standard InChI is InChI=1S/C14H9ClFN3/c15-9-5-8(6-10(16)7-9)13-14(17)19-12-4-2-1-3-11(12)18-13/h1-7H,(H2,17,19). The Balaban J connectivity index is 2.26. The first-order valence-corrected chi connectivity index (χ1v) is 6.00. The third kappa shape index (κ3) is 2.22. The molecule has 0 radical (unpaired) electrons. The van der Waals surface area contributed by atoms with Gasteiger partial charge in [-0.25, -0.2) is 14.4 Å². The molecule has 94 valence electrons. The number of hydrogen-bond donors (Lipinski definition) is 1. The summed E-state index contributed by atoms with van der Waals surface area (Å²) in [6.45, 7) is 0. The van der Waals surface area contributed by atoms with Crippen molar-refractivity contribution in [3.8, 4) is 11.3 Å². The van der Waals surface area contributed by atoms with E-state index in [2.05, 4.69) is 9.97 Å². The molecular formula is C14H9ClFN3. The Bertz CT molecular complexity index is 753. The van der Waals surface area contributed by atoms with Crippen LogP contribution in [0.5, 0.6) is 0 Å². The average molecular weight is 274 g/mol. The van der Waals surface area contributed by atoms with Gasteiger partial charge in [-0.3, -0.25) is 0 Å². The molecule has 5 heteroatoms. The van der Waals surface area contributed by atoms with Gasteiger partial charge in [0.1, 0.15) is 11.5 Å². The molecule has 0 bridgehead atoms. The maximum absolute atomic E-state index is 13.4. The van der Waals surface area contributed by atoms with Crippen LogP contribution in [0.1, 0.15) is 0 Å². The molecule has 3 aromatic rings. The van der Waals surface area contributed by atoms with Crippen molar-refractivity contribution in [2.75, 3.05) is 5.73 Å². The van der Waals surface area contributed by atoms with Crippen LogP contribution < -0.4 is 5.73 Å². The number of rotatable bonds is 1. The summed E-state index contributed by atoms with van der Waals surface area (Å²) in [5, 5.41) is 0.296. The number of nitrogens with zero attached hydrogens (tertiary/aromatic N) is 2. The van der Waals surface area contributed by atoms with Gasteiger partial charge < -0.3 is 5.73 Å². The molecule has 0 unspecified atom stereocenters. The minimum Gasteiger partial charge on any atom is -0.382 e. The summed E-state index contributed by atoms with van der Waals surface area (Å²) >= 11 is 5.84. The fourth-order valence-corrected chi connectivity index (χ4v) is 2.14. The van der Waals surface area contributed by atoms with E-state index >= 15 is 0 Å². The summed E-state index contributed by atoms with van der Waals surface area (Å²) < 4.78 is 13.4. The van der Waals surface area contributed by atoms with Gasteiger partial charge in [0.2, 0.25) is 0 Å². The van der Waals surface area contributed by atoms with E-state index in [-0.39, 0.29) is 5.82 Å². The molecule has 0 atom stereocenters. The van der Waals surface area contributed by atoms with Crippen LogP contribution >= 0.6 is 11.6 Å². The molecule has 0 spiro atoms. The Kier molecular flexibility index (Phi) is 2.80. The molecule has 1 aromatic heterocycles. The monoisotopic (exact) mass is 273 g/mol. The Hall–Kier alpha value is -2.20. The highest BCUT2D eigenvalue weighted by molar-refractivity contribution is 6.30. The molecular weight excluding hydrogens is 265 g/mol. The van der Waals surface area contributed by atoms with Gasteiger partial charge in [-0.05, 0) is 30.3 Å². The third-order valence-corrected chi connectivity index (χ3v) is 2.95. The van der Waals surface area contributed by atoms with Crippen LogP contribution in [0.3, 0.4) is 0 Å². The number of nitrogens with two attached hydrogens (primary N) is 1. The number of benzene rings is 2. The normalized spacial score (nSPS) is 10.8. The van der Waals surface area contributed by atoms with E-state index in [0.29, 0.717) is 27.3 Å². The van der Waals surface area contributed by atoms with Crippen LogP contribution in [0.15, 0.2) is 42.5 Å². The molecule has 0 saturated heterocycles. The van der Waals surface area contributed by atoms with Crippen LogP contribution in [0.4, 0.5) is 10.2 Å². The van der Waals surface area contributed by atoms with E-state index in [9.17, 15) is 4.39 Å². The summed E-state index contributed by atoms with van der Waals surface area (Å²) in [5.41, 5.74) is 8.23. The minimum atomic E-state index is -0.433. The Morgan fingerprint density at radius 2 is 1.68 bits per heavy atom. The number of halogens is 2. The van der Waals surface area contributed by atoms with Gasteiger partial charge in [0.15, 0.2) is 5.82 Å². The number of anilines is 1. The molecule has 0 aliphatic heterocycles. The summed E-state index contributed by atoms with van der Waals surface area (Å²) in [6, 6.07) is 11.5. The van der Waals surface area contributed by atoms with E-state index < -0.39 is 5.82 Å². The highest BCUT2D eigenvalue weighted by atomic mass is 35.5. The smallest absolute Gasteiger partial charge is 0.150 e. The third-order valence-electron chi connectivity index (χ3n) is 2.73. The van der Waals surface area contributed by atoms with Crippen molar-refractivity contribution in [1.29, 1.82) is 0 Å². The van der Waals surface area contributed by atoms with Gasteiger partial charge in [0, 0.05) is 10.6 Å². The first-order chi connectivity index (χ1) is 9.13. The molecule has 3 rings (SSSR count). The lowest BCUT2D eigenvalue weighted by molar-refractivity contribution is 0.628. The zero-order valence-corrected chi connectivity index (χ0v) is 10.5. The summed E-state index contributed by atoms with van der Waals surface area (Å²) in [4.78, 5) is 8.68.